The van der Waals surface area contributed by atoms with E-state index < -0.39 is 15.6 Å². The minimum Gasteiger partial charge on any atom is -0.247 e. The quantitative estimate of drug-likeness (QED) is 0.910. The van der Waals surface area contributed by atoms with Gasteiger partial charge in [0.25, 0.3) is 0 Å². The number of nitriles is 1. The monoisotopic (exact) mass is 335 g/mol. The van der Waals surface area contributed by atoms with Crippen molar-refractivity contribution in [1.82, 2.24) is 9.71 Å². The van der Waals surface area contributed by atoms with E-state index >= 15 is 0 Å². The lowest BCUT2D eigenvalue weighted by Crippen LogP contribution is -2.41. The molecule has 1 heterocycles. The van der Waals surface area contributed by atoms with E-state index in [1.54, 1.807) is 44.3 Å². The second kappa shape index (κ2) is 6.16. The molecule has 0 atom stereocenters. The predicted octanol–water partition coefficient (Wildman–Crippen LogP) is 2.68. The van der Waals surface area contributed by atoms with Gasteiger partial charge in [0.05, 0.1) is 22.9 Å². The lowest BCUT2D eigenvalue weighted by Gasteiger charge is -2.23. The van der Waals surface area contributed by atoms with E-state index in [0.717, 1.165) is 9.88 Å². The normalized spacial score (nSPS) is 12.1. The Hall–Kier alpha value is -1.75. The van der Waals surface area contributed by atoms with Crippen molar-refractivity contribution in [3.8, 4) is 6.07 Å². The van der Waals surface area contributed by atoms with Gasteiger partial charge >= 0.3 is 0 Å². The van der Waals surface area contributed by atoms with E-state index in [1.165, 1.54) is 11.3 Å². The first-order valence-corrected chi connectivity index (χ1v) is 9.12. The number of hydrogen-bond donors (Lipinski definition) is 1. The van der Waals surface area contributed by atoms with Crippen molar-refractivity contribution in [2.75, 3.05) is 0 Å². The average molecular weight is 335 g/mol. The summed E-state index contributed by atoms with van der Waals surface area (Å²) in [5.74, 6) is -0.170. The molecule has 0 amide bonds. The van der Waals surface area contributed by atoms with Crippen molar-refractivity contribution in [2.45, 2.75) is 32.1 Å². The fourth-order valence-electron chi connectivity index (χ4n) is 2.06. The van der Waals surface area contributed by atoms with Crippen molar-refractivity contribution in [3.63, 3.8) is 0 Å². The number of hydrogen-bond acceptors (Lipinski definition) is 5. The molecule has 0 bridgehead atoms. The second-order valence-corrected chi connectivity index (χ2v) is 8.53. The highest BCUT2D eigenvalue weighted by molar-refractivity contribution is 7.88. The van der Waals surface area contributed by atoms with Gasteiger partial charge in [0.2, 0.25) is 10.0 Å². The summed E-state index contributed by atoms with van der Waals surface area (Å²) >= 11 is 1.47. The Morgan fingerprint density at radius 3 is 2.73 bits per heavy atom. The second-order valence-electron chi connectivity index (χ2n) is 5.57. The van der Waals surface area contributed by atoms with Crippen LogP contribution in [0.1, 0.15) is 34.9 Å². The number of thiazole rings is 1. The minimum atomic E-state index is -3.55. The molecule has 0 aliphatic heterocycles. The van der Waals surface area contributed by atoms with Crippen LogP contribution in [0, 0.1) is 18.3 Å². The summed E-state index contributed by atoms with van der Waals surface area (Å²) in [6.07, 6.45) is 1.73. The van der Waals surface area contributed by atoms with Gasteiger partial charge in [-0.2, -0.15) is 5.26 Å². The van der Waals surface area contributed by atoms with E-state index in [9.17, 15) is 8.42 Å². The molecule has 5 nitrogen and oxygen atoms in total. The third-order valence-electron chi connectivity index (χ3n) is 2.98. The molecule has 0 radical (unpaired) electrons. The molecule has 22 heavy (non-hydrogen) atoms. The highest BCUT2D eigenvalue weighted by Gasteiger charge is 2.29. The highest BCUT2D eigenvalue weighted by atomic mass is 32.2. The van der Waals surface area contributed by atoms with E-state index in [4.69, 9.17) is 5.26 Å². The molecule has 0 saturated carbocycles. The fraction of sp³-hybridized carbons (Fsp3) is 0.333. The van der Waals surface area contributed by atoms with Crippen LogP contribution in [-0.2, 0) is 21.3 Å². The van der Waals surface area contributed by atoms with Gasteiger partial charge in [-0.05, 0) is 38.5 Å². The Morgan fingerprint density at radius 2 is 2.14 bits per heavy atom. The maximum absolute atomic E-state index is 12.4. The lowest BCUT2D eigenvalue weighted by molar-refractivity contribution is 0.469. The molecule has 1 aromatic heterocycles. The molecule has 116 valence electrons. The maximum Gasteiger partial charge on any atom is 0.216 e. The zero-order valence-corrected chi connectivity index (χ0v) is 14.3. The van der Waals surface area contributed by atoms with Gasteiger partial charge in [0.15, 0.2) is 0 Å². The fourth-order valence-corrected chi connectivity index (χ4v) is 4.51. The summed E-state index contributed by atoms with van der Waals surface area (Å²) < 4.78 is 27.4. The van der Waals surface area contributed by atoms with Gasteiger partial charge in [0.1, 0.15) is 5.01 Å². The van der Waals surface area contributed by atoms with Crippen molar-refractivity contribution in [1.29, 1.82) is 5.26 Å². The van der Waals surface area contributed by atoms with E-state index in [-0.39, 0.29) is 5.75 Å². The molecule has 1 aromatic carbocycles. The molecular formula is C15H17N3O2S2. The van der Waals surface area contributed by atoms with Crippen LogP contribution >= 0.6 is 11.3 Å². The summed E-state index contributed by atoms with van der Waals surface area (Å²) in [6.45, 7) is 5.50. The first-order chi connectivity index (χ1) is 10.2. The number of aryl methyl sites for hydroxylation is 1. The van der Waals surface area contributed by atoms with Gasteiger partial charge in [-0.15, -0.1) is 11.3 Å². The maximum atomic E-state index is 12.4. The summed E-state index contributed by atoms with van der Waals surface area (Å²) in [4.78, 5) is 5.29. The molecule has 0 unspecified atom stereocenters. The Balaban J connectivity index is 2.18. The lowest BCUT2D eigenvalue weighted by atomic mass is 10.1. The smallest absolute Gasteiger partial charge is 0.216 e. The van der Waals surface area contributed by atoms with Crippen LogP contribution in [0.2, 0.25) is 0 Å². The minimum absolute atomic E-state index is 0.170. The van der Waals surface area contributed by atoms with Crippen molar-refractivity contribution in [3.05, 3.63) is 51.5 Å². The Bertz CT molecular complexity index is 817. The molecule has 0 aliphatic rings. The Labute approximate surface area is 134 Å². The van der Waals surface area contributed by atoms with Gasteiger partial charge in [-0.25, -0.2) is 18.1 Å². The molecule has 2 aromatic rings. The molecule has 0 aliphatic carbocycles. The standard InChI is InChI=1S/C15H17N3O2S2/c1-11-9-17-14(21-11)15(2,3)18-22(19,20)10-13-6-4-5-12(7-13)8-16/h4-7,9,18H,10H2,1-3H3. The molecule has 0 spiro atoms. The number of benzene rings is 1. The third kappa shape index (κ3) is 4.13. The van der Waals surface area contributed by atoms with Crippen LogP contribution in [0.5, 0.6) is 0 Å². The van der Waals surface area contributed by atoms with Gasteiger partial charge in [-0.1, -0.05) is 12.1 Å². The topological polar surface area (TPSA) is 82.8 Å². The SMILES string of the molecule is Cc1cnc(C(C)(C)NS(=O)(=O)Cc2cccc(C#N)c2)s1. The van der Waals surface area contributed by atoms with E-state index in [0.29, 0.717) is 11.1 Å². The molecule has 7 heteroatoms. The number of aromatic nitrogens is 1. The highest BCUT2D eigenvalue weighted by Crippen LogP contribution is 2.26. The van der Waals surface area contributed by atoms with Gasteiger partial charge < -0.3 is 0 Å². The Kier molecular flexibility index (Phi) is 4.66. The predicted molar refractivity (Wildman–Crippen MR) is 86.8 cm³/mol. The van der Waals surface area contributed by atoms with Crippen LogP contribution in [0.3, 0.4) is 0 Å². The molecule has 2 rings (SSSR count). The molecule has 0 fully saturated rings. The van der Waals surface area contributed by atoms with Gasteiger partial charge in [0, 0.05) is 11.1 Å². The van der Waals surface area contributed by atoms with Crippen LogP contribution in [0.25, 0.3) is 0 Å². The molecular weight excluding hydrogens is 318 g/mol. The summed E-state index contributed by atoms with van der Waals surface area (Å²) in [5.41, 5.74) is 0.255. The first kappa shape index (κ1) is 16.6. The first-order valence-electron chi connectivity index (χ1n) is 6.65. The average Bonchev–Trinajstić information content (AvgIpc) is 2.84. The van der Waals surface area contributed by atoms with Crippen LogP contribution in [0.4, 0.5) is 0 Å². The van der Waals surface area contributed by atoms with E-state index in [1.807, 2.05) is 13.0 Å². The zero-order chi connectivity index (χ0) is 16.4. The van der Waals surface area contributed by atoms with Crippen LogP contribution < -0.4 is 4.72 Å². The largest absolute Gasteiger partial charge is 0.247 e. The van der Waals surface area contributed by atoms with Crippen LogP contribution in [-0.4, -0.2) is 13.4 Å². The number of nitrogens with one attached hydrogen (secondary N) is 1. The number of nitrogens with zero attached hydrogens (tertiary/aromatic N) is 2. The molecule has 1 N–H and O–H groups in total. The summed E-state index contributed by atoms with van der Waals surface area (Å²) in [5, 5.41) is 9.60. The third-order valence-corrected chi connectivity index (χ3v) is 5.75. The van der Waals surface area contributed by atoms with Crippen molar-refractivity contribution in [2.24, 2.45) is 0 Å². The van der Waals surface area contributed by atoms with Crippen molar-refractivity contribution < 1.29 is 8.42 Å². The van der Waals surface area contributed by atoms with Crippen LogP contribution in [0.15, 0.2) is 30.5 Å². The molecule has 0 saturated heterocycles. The number of sulfonamides is 1. The van der Waals surface area contributed by atoms with Gasteiger partial charge in [-0.3, -0.25) is 0 Å². The summed E-state index contributed by atoms with van der Waals surface area (Å²) in [6, 6.07) is 8.61. The number of rotatable bonds is 5. The Morgan fingerprint density at radius 1 is 1.41 bits per heavy atom. The van der Waals surface area contributed by atoms with E-state index in [2.05, 4.69) is 9.71 Å². The summed E-state index contributed by atoms with van der Waals surface area (Å²) in [7, 11) is -3.55. The van der Waals surface area contributed by atoms with Crippen molar-refractivity contribution >= 4 is 21.4 Å². The zero-order valence-electron chi connectivity index (χ0n) is 12.6.